The number of carbonyl (C=O) groups is 1. The highest BCUT2D eigenvalue weighted by Crippen LogP contribution is 2.31. The van der Waals surface area contributed by atoms with Gasteiger partial charge in [0.2, 0.25) is 0 Å². The molecule has 0 saturated carbocycles. The molecule has 0 unspecified atom stereocenters. The lowest BCUT2D eigenvalue weighted by atomic mass is 9.80. The van der Waals surface area contributed by atoms with Crippen LogP contribution in [0.1, 0.15) is 59.3 Å². The van der Waals surface area contributed by atoms with Crippen molar-refractivity contribution in [3.8, 4) is 0 Å². The Balaban J connectivity index is 1.77. The van der Waals surface area contributed by atoms with Crippen LogP contribution in [0.3, 0.4) is 0 Å². The van der Waals surface area contributed by atoms with Gasteiger partial charge in [0.15, 0.2) is 5.78 Å². The Morgan fingerprint density at radius 3 is 2.33 bits per heavy atom. The Hall–Kier alpha value is -1.93. The summed E-state index contributed by atoms with van der Waals surface area (Å²) < 4.78 is 5.33. The van der Waals surface area contributed by atoms with E-state index in [1.165, 1.54) is 16.7 Å². The van der Waals surface area contributed by atoms with Crippen molar-refractivity contribution >= 4 is 5.78 Å². The fraction of sp³-hybridized carbons (Fsp3) is 0.409. The van der Waals surface area contributed by atoms with Gasteiger partial charge in [0.1, 0.15) is 0 Å². The van der Waals surface area contributed by atoms with Crippen LogP contribution in [0.15, 0.2) is 42.5 Å². The van der Waals surface area contributed by atoms with Gasteiger partial charge in [-0.3, -0.25) is 4.79 Å². The molecule has 0 atom stereocenters. The standard InChI is InChI=1S/C22H26O2/c1-15(2)20-7-5-6-18(16(20)3)12-21(23)17-8-10-19(11-9-17)22(4)13-24-14-22/h5-11,15H,12-14H2,1-4H3. The van der Waals surface area contributed by atoms with Crippen LogP contribution in [0.4, 0.5) is 0 Å². The summed E-state index contributed by atoms with van der Waals surface area (Å²) in [6.45, 7) is 10.2. The third-order valence-corrected chi connectivity index (χ3v) is 5.21. The lowest BCUT2D eigenvalue weighted by Crippen LogP contribution is -2.43. The van der Waals surface area contributed by atoms with Crippen molar-refractivity contribution in [2.24, 2.45) is 0 Å². The van der Waals surface area contributed by atoms with E-state index < -0.39 is 0 Å². The molecular formula is C22H26O2. The van der Waals surface area contributed by atoms with Gasteiger partial charge in [0, 0.05) is 17.4 Å². The zero-order valence-electron chi connectivity index (χ0n) is 15.1. The van der Waals surface area contributed by atoms with Gasteiger partial charge in [-0.25, -0.2) is 0 Å². The molecule has 0 amide bonds. The molecule has 126 valence electrons. The van der Waals surface area contributed by atoms with Crippen molar-refractivity contribution in [1.82, 2.24) is 0 Å². The fourth-order valence-corrected chi connectivity index (χ4v) is 3.43. The van der Waals surface area contributed by atoms with Crippen molar-refractivity contribution < 1.29 is 9.53 Å². The Morgan fingerprint density at radius 2 is 1.79 bits per heavy atom. The third-order valence-electron chi connectivity index (χ3n) is 5.21. The topological polar surface area (TPSA) is 26.3 Å². The van der Waals surface area contributed by atoms with Gasteiger partial charge in [-0.05, 0) is 35.1 Å². The number of carbonyl (C=O) groups excluding carboxylic acids is 1. The van der Waals surface area contributed by atoms with E-state index in [2.05, 4.69) is 58.0 Å². The molecular weight excluding hydrogens is 296 g/mol. The number of ether oxygens (including phenoxy) is 1. The summed E-state index contributed by atoms with van der Waals surface area (Å²) in [4.78, 5) is 12.7. The van der Waals surface area contributed by atoms with Crippen molar-refractivity contribution in [1.29, 1.82) is 0 Å². The highest BCUT2D eigenvalue weighted by atomic mass is 16.5. The highest BCUT2D eigenvalue weighted by Gasteiger charge is 2.35. The average molecular weight is 322 g/mol. The molecule has 0 aliphatic carbocycles. The molecule has 0 N–H and O–H groups in total. The second-order valence-electron chi connectivity index (χ2n) is 7.52. The quantitative estimate of drug-likeness (QED) is 0.737. The minimum atomic E-state index is 0.115. The minimum Gasteiger partial charge on any atom is -0.379 e. The lowest BCUT2D eigenvalue weighted by Gasteiger charge is -2.38. The van der Waals surface area contributed by atoms with E-state index in [-0.39, 0.29) is 11.2 Å². The van der Waals surface area contributed by atoms with Crippen LogP contribution in [0.5, 0.6) is 0 Å². The second kappa shape index (κ2) is 6.52. The fourth-order valence-electron chi connectivity index (χ4n) is 3.43. The lowest BCUT2D eigenvalue weighted by molar-refractivity contribution is -0.0500. The van der Waals surface area contributed by atoms with E-state index >= 15 is 0 Å². The summed E-state index contributed by atoms with van der Waals surface area (Å²) >= 11 is 0. The number of rotatable bonds is 5. The van der Waals surface area contributed by atoms with Crippen LogP contribution in [-0.2, 0) is 16.6 Å². The van der Waals surface area contributed by atoms with Crippen LogP contribution >= 0.6 is 0 Å². The van der Waals surface area contributed by atoms with Crippen molar-refractivity contribution in [2.75, 3.05) is 13.2 Å². The number of benzene rings is 2. The van der Waals surface area contributed by atoms with Gasteiger partial charge in [-0.1, -0.05) is 63.2 Å². The summed E-state index contributed by atoms with van der Waals surface area (Å²) in [6, 6.07) is 14.4. The van der Waals surface area contributed by atoms with E-state index in [4.69, 9.17) is 4.74 Å². The van der Waals surface area contributed by atoms with Gasteiger partial charge in [-0.2, -0.15) is 0 Å². The van der Waals surface area contributed by atoms with Crippen molar-refractivity contribution in [3.05, 3.63) is 70.3 Å². The zero-order valence-corrected chi connectivity index (χ0v) is 15.1. The maximum Gasteiger partial charge on any atom is 0.167 e. The number of Topliss-reactive ketones (excluding diaryl/α,β-unsaturated/α-hetero) is 1. The maximum absolute atomic E-state index is 12.7. The Morgan fingerprint density at radius 1 is 1.12 bits per heavy atom. The Kier molecular flexibility index (Phi) is 4.60. The Bertz CT molecular complexity index is 737. The van der Waals surface area contributed by atoms with Crippen LogP contribution in [0, 0.1) is 6.92 Å². The summed E-state index contributed by atoms with van der Waals surface area (Å²) in [5, 5.41) is 0. The monoisotopic (exact) mass is 322 g/mol. The molecule has 1 fully saturated rings. The molecule has 0 bridgehead atoms. The minimum absolute atomic E-state index is 0.115. The largest absolute Gasteiger partial charge is 0.379 e. The predicted molar refractivity (Wildman–Crippen MR) is 97.9 cm³/mol. The molecule has 2 aromatic carbocycles. The summed E-state index contributed by atoms with van der Waals surface area (Å²) in [7, 11) is 0. The number of hydrogen-bond acceptors (Lipinski definition) is 2. The van der Waals surface area contributed by atoms with Gasteiger partial charge in [-0.15, -0.1) is 0 Å². The highest BCUT2D eigenvalue weighted by molar-refractivity contribution is 5.97. The number of ketones is 1. The molecule has 1 aliphatic rings. The molecule has 24 heavy (non-hydrogen) atoms. The third kappa shape index (κ3) is 3.16. The number of hydrogen-bond donors (Lipinski definition) is 0. The van der Waals surface area contributed by atoms with Crippen LogP contribution in [0.2, 0.25) is 0 Å². The zero-order chi connectivity index (χ0) is 17.3. The Labute approximate surface area is 144 Å². The van der Waals surface area contributed by atoms with Gasteiger partial charge in [0.05, 0.1) is 13.2 Å². The molecule has 1 heterocycles. The summed E-state index contributed by atoms with van der Waals surface area (Å²) in [5.74, 6) is 0.658. The van der Waals surface area contributed by atoms with Crippen LogP contribution in [-0.4, -0.2) is 19.0 Å². The van der Waals surface area contributed by atoms with Crippen LogP contribution < -0.4 is 0 Å². The molecule has 3 rings (SSSR count). The summed E-state index contributed by atoms with van der Waals surface area (Å²) in [6.07, 6.45) is 0.464. The normalized spacial score (nSPS) is 16.0. The molecule has 1 saturated heterocycles. The molecule has 2 aromatic rings. The molecule has 0 spiro atoms. The van der Waals surface area contributed by atoms with E-state index in [0.717, 1.165) is 24.3 Å². The van der Waals surface area contributed by atoms with Crippen molar-refractivity contribution in [2.45, 2.75) is 45.4 Å². The van der Waals surface area contributed by atoms with E-state index in [1.54, 1.807) is 0 Å². The van der Waals surface area contributed by atoms with E-state index in [0.29, 0.717) is 12.3 Å². The first-order valence-corrected chi connectivity index (χ1v) is 8.70. The molecule has 1 aliphatic heterocycles. The second-order valence-corrected chi connectivity index (χ2v) is 7.52. The first kappa shape index (κ1) is 16.9. The molecule has 2 heteroatoms. The van der Waals surface area contributed by atoms with Gasteiger partial charge in [0.25, 0.3) is 0 Å². The molecule has 0 radical (unpaired) electrons. The average Bonchev–Trinajstić information content (AvgIpc) is 2.54. The first-order valence-electron chi connectivity index (χ1n) is 8.70. The van der Waals surface area contributed by atoms with Crippen molar-refractivity contribution in [3.63, 3.8) is 0 Å². The first-order chi connectivity index (χ1) is 11.4. The SMILES string of the molecule is Cc1c(CC(=O)c2ccc(C3(C)COC3)cc2)cccc1C(C)C. The molecule has 0 aromatic heterocycles. The molecule has 2 nitrogen and oxygen atoms in total. The predicted octanol–water partition coefficient (Wildman–Crippen LogP) is 4.83. The smallest absolute Gasteiger partial charge is 0.167 e. The maximum atomic E-state index is 12.7. The van der Waals surface area contributed by atoms with Gasteiger partial charge < -0.3 is 4.74 Å². The summed E-state index contributed by atoms with van der Waals surface area (Å²) in [5.41, 5.74) is 5.86. The van der Waals surface area contributed by atoms with Gasteiger partial charge >= 0.3 is 0 Å². The van der Waals surface area contributed by atoms with E-state index in [9.17, 15) is 4.79 Å². The van der Waals surface area contributed by atoms with Crippen LogP contribution in [0.25, 0.3) is 0 Å². The van der Waals surface area contributed by atoms with E-state index in [1.807, 2.05) is 12.1 Å².